The molecule has 0 bridgehead atoms. The standard InChI is InChI=1S/C20H16ClN3O2S/c1-12-4-2-3-5-16(12)24-19(26)17(10-13-6-8-14(21)9-7-13)27-20(24)15(11-22)18(23)25/h2-9,17H,10H2,1H3,(H2,23,25)/b20-15+/t17-/m1/s1. The molecule has 1 saturated heterocycles. The first kappa shape index (κ1) is 19.0. The minimum Gasteiger partial charge on any atom is -0.365 e. The van der Waals surface area contributed by atoms with Gasteiger partial charge in [-0.2, -0.15) is 5.26 Å². The predicted molar refractivity (Wildman–Crippen MR) is 107 cm³/mol. The summed E-state index contributed by atoms with van der Waals surface area (Å²) in [7, 11) is 0. The van der Waals surface area contributed by atoms with E-state index in [0.29, 0.717) is 17.1 Å². The van der Waals surface area contributed by atoms with Crippen LogP contribution in [0, 0.1) is 18.3 Å². The second-order valence-electron chi connectivity index (χ2n) is 6.05. The summed E-state index contributed by atoms with van der Waals surface area (Å²) in [5.74, 6) is -1.04. The number of anilines is 1. The highest BCUT2D eigenvalue weighted by Crippen LogP contribution is 2.42. The minimum atomic E-state index is -0.849. The van der Waals surface area contributed by atoms with Gasteiger partial charge in [-0.15, -0.1) is 0 Å². The topological polar surface area (TPSA) is 87.2 Å². The van der Waals surface area contributed by atoms with Crippen LogP contribution in [-0.4, -0.2) is 17.1 Å². The van der Waals surface area contributed by atoms with Gasteiger partial charge in [0.05, 0.1) is 10.9 Å². The molecule has 3 rings (SSSR count). The fourth-order valence-corrected chi connectivity index (χ4v) is 4.30. The summed E-state index contributed by atoms with van der Waals surface area (Å²) in [5, 5.41) is 9.84. The van der Waals surface area contributed by atoms with E-state index in [4.69, 9.17) is 17.3 Å². The normalized spacial score (nSPS) is 18.3. The van der Waals surface area contributed by atoms with Crippen LogP contribution in [0.2, 0.25) is 5.02 Å². The van der Waals surface area contributed by atoms with E-state index < -0.39 is 11.2 Å². The molecule has 1 heterocycles. The average Bonchev–Trinajstić information content (AvgIpc) is 2.94. The molecule has 1 atom stereocenters. The number of aryl methyl sites for hydroxylation is 1. The van der Waals surface area contributed by atoms with Crippen LogP contribution >= 0.6 is 23.4 Å². The van der Waals surface area contributed by atoms with Crippen LogP contribution in [-0.2, 0) is 16.0 Å². The van der Waals surface area contributed by atoms with Crippen LogP contribution in [0.1, 0.15) is 11.1 Å². The third-order valence-electron chi connectivity index (χ3n) is 4.22. The maximum atomic E-state index is 13.2. The quantitative estimate of drug-likeness (QED) is 0.631. The van der Waals surface area contributed by atoms with Crippen molar-refractivity contribution in [2.45, 2.75) is 18.6 Å². The van der Waals surface area contributed by atoms with Gasteiger partial charge in [0.15, 0.2) is 0 Å². The molecule has 1 aliphatic heterocycles. The number of para-hydroxylation sites is 1. The van der Waals surface area contributed by atoms with Crippen LogP contribution in [0.4, 0.5) is 5.69 Å². The van der Waals surface area contributed by atoms with Crippen LogP contribution in [0.15, 0.2) is 59.1 Å². The molecule has 0 radical (unpaired) electrons. The summed E-state index contributed by atoms with van der Waals surface area (Å²) >= 11 is 7.11. The Bertz CT molecular complexity index is 979. The number of carbonyl (C=O) groups is 2. The van der Waals surface area contributed by atoms with Crippen LogP contribution in [0.3, 0.4) is 0 Å². The van der Waals surface area contributed by atoms with Gasteiger partial charge in [-0.25, -0.2) is 0 Å². The SMILES string of the molecule is Cc1ccccc1N1C(=O)[C@@H](Cc2ccc(Cl)cc2)S/C1=C(\C#N)C(N)=O. The van der Waals surface area contributed by atoms with Gasteiger partial charge in [-0.05, 0) is 42.7 Å². The van der Waals surface area contributed by atoms with Crippen molar-refractivity contribution in [2.24, 2.45) is 5.73 Å². The van der Waals surface area contributed by atoms with Gasteiger partial charge in [0, 0.05) is 5.02 Å². The van der Waals surface area contributed by atoms with Crippen molar-refractivity contribution in [2.75, 3.05) is 4.90 Å². The Labute approximate surface area is 166 Å². The molecule has 0 spiro atoms. The van der Waals surface area contributed by atoms with E-state index in [-0.39, 0.29) is 16.5 Å². The molecular formula is C20H16ClN3O2S. The summed E-state index contributed by atoms with van der Waals surface area (Å²) in [5.41, 5.74) is 7.60. The Morgan fingerprint density at radius 2 is 1.93 bits per heavy atom. The molecule has 0 unspecified atom stereocenters. The van der Waals surface area contributed by atoms with Crippen LogP contribution in [0.5, 0.6) is 0 Å². The predicted octanol–water partition coefficient (Wildman–Crippen LogP) is 3.56. The summed E-state index contributed by atoms with van der Waals surface area (Å²) in [6, 6.07) is 16.4. The zero-order valence-electron chi connectivity index (χ0n) is 14.5. The molecule has 136 valence electrons. The van der Waals surface area contributed by atoms with E-state index in [2.05, 4.69) is 0 Å². The molecule has 2 aromatic rings. The molecule has 2 N–H and O–H groups in total. The molecule has 2 aromatic carbocycles. The number of rotatable bonds is 4. The second kappa shape index (κ2) is 7.87. The van der Waals surface area contributed by atoms with Gasteiger partial charge in [0.25, 0.3) is 5.91 Å². The highest BCUT2D eigenvalue weighted by atomic mass is 35.5. The highest BCUT2D eigenvalue weighted by Gasteiger charge is 2.40. The van der Waals surface area contributed by atoms with Gasteiger partial charge in [-0.1, -0.05) is 53.7 Å². The van der Waals surface area contributed by atoms with Crippen LogP contribution < -0.4 is 10.6 Å². The Morgan fingerprint density at radius 1 is 1.26 bits per heavy atom. The number of thioether (sulfide) groups is 1. The number of hydrogen-bond acceptors (Lipinski definition) is 4. The van der Waals surface area contributed by atoms with Crippen molar-refractivity contribution in [3.63, 3.8) is 0 Å². The monoisotopic (exact) mass is 397 g/mol. The van der Waals surface area contributed by atoms with Gasteiger partial charge in [0.2, 0.25) is 5.91 Å². The number of primary amides is 1. The Hall–Kier alpha value is -2.75. The van der Waals surface area contributed by atoms with Crippen molar-refractivity contribution in [3.05, 3.63) is 75.3 Å². The fraction of sp³-hybridized carbons (Fsp3) is 0.150. The van der Waals surface area contributed by atoms with Crippen molar-refractivity contribution in [1.82, 2.24) is 0 Å². The van der Waals surface area contributed by atoms with Gasteiger partial charge < -0.3 is 5.73 Å². The molecule has 0 aromatic heterocycles. The van der Waals surface area contributed by atoms with Gasteiger partial charge in [0.1, 0.15) is 16.7 Å². The zero-order chi connectivity index (χ0) is 19.6. The number of hydrogen-bond donors (Lipinski definition) is 1. The third kappa shape index (κ3) is 3.85. The van der Waals surface area contributed by atoms with E-state index in [1.807, 2.05) is 37.3 Å². The van der Waals surface area contributed by atoms with E-state index in [9.17, 15) is 14.9 Å². The molecule has 27 heavy (non-hydrogen) atoms. The van der Waals surface area contributed by atoms with Gasteiger partial charge in [-0.3, -0.25) is 14.5 Å². The number of nitrogens with zero attached hydrogens (tertiary/aromatic N) is 2. The number of amides is 2. The van der Waals surface area contributed by atoms with Crippen molar-refractivity contribution >= 4 is 40.9 Å². The van der Waals surface area contributed by atoms with E-state index >= 15 is 0 Å². The van der Waals surface area contributed by atoms with E-state index in [1.165, 1.54) is 16.7 Å². The largest absolute Gasteiger partial charge is 0.365 e. The maximum absolute atomic E-state index is 13.2. The van der Waals surface area contributed by atoms with E-state index in [0.717, 1.165) is 11.1 Å². The van der Waals surface area contributed by atoms with Gasteiger partial charge >= 0.3 is 0 Å². The first-order valence-corrected chi connectivity index (χ1v) is 9.43. The van der Waals surface area contributed by atoms with E-state index in [1.54, 1.807) is 24.3 Å². The summed E-state index contributed by atoms with van der Waals surface area (Å²) in [6.07, 6.45) is 0.448. The third-order valence-corrected chi connectivity index (χ3v) is 5.73. The van der Waals surface area contributed by atoms with Crippen LogP contribution in [0.25, 0.3) is 0 Å². The second-order valence-corrected chi connectivity index (χ2v) is 7.68. The first-order chi connectivity index (χ1) is 12.9. The lowest BCUT2D eigenvalue weighted by atomic mass is 10.1. The summed E-state index contributed by atoms with van der Waals surface area (Å²) < 4.78 is 0. The minimum absolute atomic E-state index is 0.187. The molecule has 1 fully saturated rings. The molecule has 0 aliphatic carbocycles. The average molecular weight is 398 g/mol. The van der Waals surface area contributed by atoms with Crippen molar-refractivity contribution in [1.29, 1.82) is 5.26 Å². The molecule has 1 aliphatic rings. The lowest BCUT2D eigenvalue weighted by Gasteiger charge is -2.20. The summed E-state index contributed by atoms with van der Waals surface area (Å²) in [4.78, 5) is 26.4. The lowest BCUT2D eigenvalue weighted by Crippen LogP contribution is -2.31. The maximum Gasteiger partial charge on any atom is 0.262 e. The Kier molecular flexibility index (Phi) is 5.54. The molecule has 2 amide bonds. The number of benzene rings is 2. The number of halogens is 1. The van der Waals surface area contributed by atoms with Crippen molar-refractivity contribution < 1.29 is 9.59 Å². The molecule has 5 nitrogen and oxygen atoms in total. The molecular weight excluding hydrogens is 382 g/mol. The van der Waals surface area contributed by atoms with Crippen molar-refractivity contribution in [3.8, 4) is 6.07 Å². The Morgan fingerprint density at radius 3 is 2.52 bits per heavy atom. The Balaban J connectivity index is 2.05. The smallest absolute Gasteiger partial charge is 0.262 e. The lowest BCUT2D eigenvalue weighted by molar-refractivity contribution is -0.117. The first-order valence-electron chi connectivity index (χ1n) is 8.17. The highest BCUT2D eigenvalue weighted by molar-refractivity contribution is 8.05. The molecule has 7 heteroatoms. The number of carbonyl (C=O) groups excluding carboxylic acids is 2. The fourth-order valence-electron chi connectivity index (χ4n) is 2.87. The molecule has 0 saturated carbocycles. The number of nitriles is 1. The zero-order valence-corrected chi connectivity index (χ0v) is 16.1. The number of nitrogens with two attached hydrogens (primary N) is 1. The summed E-state index contributed by atoms with van der Waals surface area (Å²) in [6.45, 7) is 1.87.